The molecule has 1 fully saturated rings. The number of hydrogen-bond acceptors (Lipinski definition) is 4. The molecule has 1 aromatic carbocycles. The van der Waals surface area contributed by atoms with Crippen molar-refractivity contribution in [3.05, 3.63) is 34.6 Å². The number of methoxy groups -OCH3 is 1. The fraction of sp³-hybridized carbons (Fsp3) is 0.562. The molecule has 1 aliphatic rings. The number of carbonyl (C=O) groups excluding carboxylic acids is 1. The Hall–Kier alpha value is -1.21. The standard InChI is InChI=1S/C16H23ClFN3O2/c1-23-9-4-19-16(22)12-21-7-5-20(6-8-21)11-13-2-3-14(18)10-15(13)17/h2-3,10H,4-9,11-12H2,1H3,(H,19,22). The van der Waals surface area contributed by atoms with Crippen molar-refractivity contribution in [3.63, 3.8) is 0 Å². The second kappa shape index (κ2) is 9.17. The molecule has 128 valence electrons. The van der Waals surface area contributed by atoms with E-state index in [-0.39, 0.29) is 11.7 Å². The van der Waals surface area contributed by atoms with Crippen LogP contribution >= 0.6 is 11.6 Å². The molecule has 1 aromatic rings. The van der Waals surface area contributed by atoms with Crippen molar-refractivity contribution in [2.24, 2.45) is 0 Å². The van der Waals surface area contributed by atoms with Gasteiger partial charge in [-0.1, -0.05) is 17.7 Å². The normalized spacial score (nSPS) is 16.5. The smallest absolute Gasteiger partial charge is 0.234 e. The van der Waals surface area contributed by atoms with Crippen LogP contribution < -0.4 is 5.32 Å². The SMILES string of the molecule is COCCNC(=O)CN1CCN(Cc2ccc(F)cc2Cl)CC1. The van der Waals surface area contributed by atoms with Crippen LogP contribution in [0.15, 0.2) is 18.2 Å². The molecule has 23 heavy (non-hydrogen) atoms. The molecule has 0 saturated carbocycles. The number of rotatable bonds is 7. The van der Waals surface area contributed by atoms with E-state index in [1.54, 1.807) is 13.2 Å². The van der Waals surface area contributed by atoms with Gasteiger partial charge in [0, 0.05) is 51.4 Å². The van der Waals surface area contributed by atoms with Gasteiger partial charge in [-0.15, -0.1) is 0 Å². The van der Waals surface area contributed by atoms with Gasteiger partial charge in [0.25, 0.3) is 0 Å². The maximum absolute atomic E-state index is 13.1. The number of ether oxygens (including phenoxy) is 1. The summed E-state index contributed by atoms with van der Waals surface area (Å²) in [4.78, 5) is 16.2. The van der Waals surface area contributed by atoms with Gasteiger partial charge in [-0.3, -0.25) is 14.6 Å². The average molecular weight is 344 g/mol. The Bertz CT molecular complexity index is 522. The van der Waals surface area contributed by atoms with E-state index in [9.17, 15) is 9.18 Å². The molecule has 1 saturated heterocycles. The summed E-state index contributed by atoms with van der Waals surface area (Å²) >= 11 is 6.07. The van der Waals surface area contributed by atoms with Gasteiger partial charge in [-0.2, -0.15) is 0 Å². The van der Waals surface area contributed by atoms with Crippen molar-refractivity contribution in [1.29, 1.82) is 0 Å². The van der Waals surface area contributed by atoms with E-state index in [1.165, 1.54) is 12.1 Å². The van der Waals surface area contributed by atoms with Gasteiger partial charge >= 0.3 is 0 Å². The third kappa shape index (κ3) is 6.06. The second-order valence-corrected chi connectivity index (χ2v) is 6.04. The minimum Gasteiger partial charge on any atom is -0.383 e. The molecule has 7 heteroatoms. The number of amides is 1. The zero-order valence-electron chi connectivity index (χ0n) is 13.4. The molecule has 1 heterocycles. The van der Waals surface area contributed by atoms with Gasteiger partial charge in [0.1, 0.15) is 5.82 Å². The Balaban J connectivity index is 1.72. The van der Waals surface area contributed by atoms with E-state index < -0.39 is 0 Å². The van der Waals surface area contributed by atoms with E-state index >= 15 is 0 Å². The summed E-state index contributed by atoms with van der Waals surface area (Å²) in [5, 5.41) is 3.29. The lowest BCUT2D eigenvalue weighted by atomic mass is 10.2. The molecule has 1 N–H and O–H groups in total. The fourth-order valence-corrected chi connectivity index (χ4v) is 2.77. The van der Waals surface area contributed by atoms with Gasteiger partial charge in [0.05, 0.1) is 13.2 Å². The van der Waals surface area contributed by atoms with Gasteiger partial charge in [0.15, 0.2) is 0 Å². The molecular formula is C16H23ClFN3O2. The van der Waals surface area contributed by atoms with E-state index in [0.29, 0.717) is 31.3 Å². The lowest BCUT2D eigenvalue weighted by Gasteiger charge is -2.34. The Kier molecular flexibility index (Phi) is 7.23. The molecule has 0 bridgehead atoms. The maximum Gasteiger partial charge on any atom is 0.234 e. The number of carbonyl (C=O) groups is 1. The average Bonchev–Trinajstić information content (AvgIpc) is 2.52. The first kappa shape index (κ1) is 18.1. The highest BCUT2D eigenvalue weighted by atomic mass is 35.5. The third-order valence-electron chi connectivity index (χ3n) is 3.87. The highest BCUT2D eigenvalue weighted by Crippen LogP contribution is 2.19. The predicted molar refractivity (Wildman–Crippen MR) is 88.0 cm³/mol. The second-order valence-electron chi connectivity index (χ2n) is 5.63. The molecule has 2 rings (SSSR count). The summed E-state index contributed by atoms with van der Waals surface area (Å²) in [5.74, 6) is -0.292. The third-order valence-corrected chi connectivity index (χ3v) is 4.22. The van der Waals surface area contributed by atoms with Crippen molar-refractivity contribution >= 4 is 17.5 Å². The Morgan fingerprint density at radius 3 is 2.65 bits per heavy atom. The van der Waals surface area contributed by atoms with Crippen LogP contribution in [0, 0.1) is 5.82 Å². The highest BCUT2D eigenvalue weighted by Gasteiger charge is 2.19. The van der Waals surface area contributed by atoms with Gasteiger partial charge in [-0.25, -0.2) is 4.39 Å². The largest absolute Gasteiger partial charge is 0.383 e. The Labute approximate surface area is 141 Å². The number of hydrogen-bond donors (Lipinski definition) is 1. The van der Waals surface area contributed by atoms with Crippen LogP contribution in [0.2, 0.25) is 5.02 Å². The summed E-state index contributed by atoms with van der Waals surface area (Å²) in [7, 11) is 1.61. The minimum absolute atomic E-state index is 0.0251. The molecule has 0 aliphatic carbocycles. The first-order chi connectivity index (χ1) is 11.1. The molecule has 0 spiro atoms. The molecule has 0 unspecified atom stereocenters. The fourth-order valence-electron chi connectivity index (χ4n) is 2.55. The first-order valence-electron chi connectivity index (χ1n) is 7.73. The van der Waals surface area contributed by atoms with Crippen molar-refractivity contribution in [3.8, 4) is 0 Å². The summed E-state index contributed by atoms with van der Waals surface area (Å²) < 4.78 is 18.0. The van der Waals surface area contributed by atoms with Crippen LogP contribution in [0.3, 0.4) is 0 Å². The van der Waals surface area contributed by atoms with Crippen LogP contribution in [-0.4, -0.2) is 68.7 Å². The summed E-state index contributed by atoms with van der Waals surface area (Å²) in [6, 6.07) is 4.51. The summed E-state index contributed by atoms with van der Waals surface area (Å²) in [5.41, 5.74) is 0.929. The van der Waals surface area contributed by atoms with Crippen molar-refractivity contribution in [2.75, 3.05) is 53.0 Å². The Morgan fingerprint density at radius 2 is 2.00 bits per heavy atom. The zero-order chi connectivity index (χ0) is 16.7. The molecule has 0 radical (unpaired) electrons. The van der Waals surface area contributed by atoms with Crippen LogP contribution in [0.5, 0.6) is 0 Å². The minimum atomic E-state index is -0.317. The van der Waals surface area contributed by atoms with Gasteiger partial charge in [0.2, 0.25) is 5.91 Å². The Morgan fingerprint density at radius 1 is 1.30 bits per heavy atom. The lowest BCUT2D eigenvalue weighted by molar-refractivity contribution is -0.122. The topological polar surface area (TPSA) is 44.8 Å². The van der Waals surface area contributed by atoms with E-state index in [1.807, 2.05) is 0 Å². The molecule has 1 aliphatic heterocycles. The molecule has 0 aromatic heterocycles. The van der Waals surface area contributed by atoms with E-state index in [4.69, 9.17) is 16.3 Å². The summed E-state index contributed by atoms with van der Waals surface area (Å²) in [6.07, 6.45) is 0. The highest BCUT2D eigenvalue weighted by molar-refractivity contribution is 6.31. The molecule has 0 atom stereocenters. The van der Waals surface area contributed by atoms with Crippen molar-refractivity contribution in [2.45, 2.75) is 6.54 Å². The number of nitrogens with zero attached hydrogens (tertiary/aromatic N) is 2. The van der Waals surface area contributed by atoms with Crippen LogP contribution in [-0.2, 0) is 16.1 Å². The lowest BCUT2D eigenvalue weighted by Crippen LogP contribution is -2.49. The first-order valence-corrected chi connectivity index (χ1v) is 8.10. The van der Waals surface area contributed by atoms with Crippen LogP contribution in [0.4, 0.5) is 4.39 Å². The van der Waals surface area contributed by atoms with E-state index in [0.717, 1.165) is 31.7 Å². The van der Waals surface area contributed by atoms with Gasteiger partial charge in [-0.05, 0) is 17.7 Å². The zero-order valence-corrected chi connectivity index (χ0v) is 14.1. The van der Waals surface area contributed by atoms with Crippen molar-refractivity contribution < 1.29 is 13.9 Å². The number of piperazine rings is 1. The van der Waals surface area contributed by atoms with Crippen LogP contribution in [0.25, 0.3) is 0 Å². The molecule has 1 amide bonds. The summed E-state index contributed by atoms with van der Waals surface area (Å²) in [6.45, 7) is 5.56. The van der Waals surface area contributed by atoms with Crippen molar-refractivity contribution in [1.82, 2.24) is 15.1 Å². The van der Waals surface area contributed by atoms with Gasteiger partial charge < -0.3 is 10.1 Å². The number of benzene rings is 1. The number of halogens is 2. The predicted octanol–water partition coefficient (Wildman–Crippen LogP) is 1.36. The molecular weight excluding hydrogens is 321 g/mol. The van der Waals surface area contributed by atoms with E-state index in [2.05, 4.69) is 15.1 Å². The molecule has 5 nitrogen and oxygen atoms in total. The number of nitrogens with one attached hydrogen (secondary N) is 1. The monoisotopic (exact) mass is 343 g/mol. The van der Waals surface area contributed by atoms with Crippen LogP contribution in [0.1, 0.15) is 5.56 Å². The maximum atomic E-state index is 13.1. The quantitative estimate of drug-likeness (QED) is 0.759.